The fraction of sp³-hybridized carbons (Fsp3) is 0.172. The van der Waals surface area contributed by atoms with Gasteiger partial charge in [-0.25, -0.2) is 4.57 Å². The first kappa shape index (κ1) is 19.5. The molecule has 0 aliphatic carbocycles. The number of alkyl halides is 1. The standard InChI is InChI=1S/C29H23IN3/c1-16-18-10-6-5-9-17(18)13-23-24(16)27-26-21(31-15-32(27)4)14-20(29(2,3)30)25-19-11-7-8-12-22(19)33(23)28(25)26/h5-15H,1-4H3/q+1. The van der Waals surface area contributed by atoms with Crippen LogP contribution in [0.15, 0.2) is 67.0 Å². The van der Waals surface area contributed by atoms with Crippen molar-refractivity contribution < 1.29 is 4.57 Å². The van der Waals surface area contributed by atoms with Gasteiger partial charge in [-0.05, 0) is 65.9 Å². The van der Waals surface area contributed by atoms with E-state index in [1.165, 1.54) is 65.5 Å². The average Bonchev–Trinajstić information content (AvgIpc) is 3.14. The topological polar surface area (TPSA) is 21.2 Å². The summed E-state index contributed by atoms with van der Waals surface area (Å²) in [6.07, 6.45) is 1.98. The zero-order valence-electron chi connectivity index (χ0n) is 19.1. The highest BCUT2D eigenvalue weighted by molar-refractivity contribution is 14.1. The zero-order valence-corrected chi connectivity index (χ0v) is 21.2. The number of nitrogens with zero attached hydrogens (tertiary/aromatic N) is 3. The molecule has 7 aromatic rings. The van der Waals surface area contributed by atoms with Crippen LogP contribution in [0.25, 0.3) is 59.9 Å². The van der Waals surface area contributed by atoms with Crippen LogP contribution in [0, 0.1) is 6.92 Å². The monoisotopic (exact) mass is 540 g/mol. The Bertz CT molecular complexity index is 1920. The highest BCUT2D eigenvalue weighted by Crippen LogP contribution is 2.47. The second-order valence-electron chi connectivity index (χ2n) is 9.69. The summed E-state index contributed by atoms with van der Waals surface area (Å²) in [6.45, 7) is 6.85. The Morgan fingerprint density at radius 1 is 0.879 bits per heavy atom. The third kappa shape index (κ3) is 2.39. The number of para-hydroxylation sites is 1. The molecule has 0 aliphatic heterocycles. The lowest BCUT2D eigenvalue weighted by Gasteiger charge is -2.20. The molecule has 0 aliphatic rings. The molecule has 0 amide bonds. The van der Waals surface area contributed by atoms with E-state index in [4.69, 9.17) is 4.98 Å². The second kappa shape index (κ2) is 6.32. The van der Waals surface area contributed by atoms with Crippen LogP contribution >= 0.6 is 22.6 Å². The number of aromatic nitrogens is 3. The van der Waals surface area contributed by atoms with E-state index in [0.717, 1.165) is 5.52 Å². The first-order valence-corrected chi connectivity index (χ1v) is 12.4. The molecule has 0 saturated heterocycles. The van der Waals surface area contributed by atoms with Gasteiger partial charge in [0.25, 0.3) is 6.33 Å². The fourth-order valence-electron chi connectivity index (χ4n) is 5.88. The number of hydrogen-bond acceptors (Lipinski definition) is 1. The molecule has 4 heteroatoms. The third-order valence-electron chi connectivity index (χ3n) is 7.28. The van der Waals surface area contributed by atoms with Gasteiger partial charge in [-0.15, -0.1) is 0 Å². The summed E-state index contributed by atoms with van der Waals surface area (Å²) in [5.74, 6) is 0. The van der Waals surface area contributed by atoms with Crippen LogP contribution in [0.1, 0.15) is 25.0 Å². The van der Waals surface area contributed by atoms with Gasteiger partial charge in [-0.3, -0.25) is 0 Å². The Hall–Kier alpha value is -2.99. The van der Waals surface area contributed by atoms with E-state index in [0.29, 0.717) is 0 Å². The van der Waals surface area contributed by atoms with E-state index in [2.05, 4.69) is 120 Å². The van der Waals surface area contributed by atoms with Crippen molar-refractivity contribution >= 4 is 82.5 Å². The van der Waals surface area contributed by atoms with Crippen molar-refractivity contribution in [3.63, 3.8) is 0 Å². The molecule has 7 rings (SSSR count). The predicted molar refractivity (Wildman–Crippen MR) is 147 cm³/mol. The number of rotatable bonds is 1. The number of benzene rings is 4. The summed E-state index contributed by atoms with van der Waals surface area (Å²) in [5.41, 5.74) is 8.80. The molecular formula is C29H23IN3+. The van der Waals surface area contributed by atoms with Gasteiger partial charge in [-0.2, -0.15) is 0 Å². The highest BCUT2D eigenvalue weighted by Gasteiger charge is 2.30. The number of hydrogen-bond donors (Lipinski definition) is 0. The van der Waals surface area contributed by atoms with Crippen molar-refractivity contribution in [3.8, 4) is 0 Å². The molecule has 3 heterocycles. The summed E-state index contributed by atoms with van der Waals surface area (Å²) in [7, 11) is 2.13. The number of halogens is 1. The molecule has 0 spiro atoms. The summed E-state index contributed by atoms with van der Waals surface area (Å²) in [5, 5.41) is 7.80. The van der Waals surface area contributed by atoms with Gasteiger partial charge in [0.1, 0.15) is 5.52 Å². The van der Waals surface area contributed by atoms with Crippen molar-refractivity contribution in [3.05, 3.63) is 78.1 Å². The minimum absolute atomic E-state index is 0.0274. The molecule has 3 nitrogen and oxygen atoms in total. The van der Waals surface area contributed by atoms with Gasteiger partial charge in [-0.1, -0.05) is 65.1 Å². The minimum atomic E-state index is -0.0274. The summed E-state index contributed by atoms with van der Waals surface area (Å²) >= 11 is 2.57. The molecule has 0 atom stereocenters. The van der Waals surface area contributed by atoms with Crippen LogP contribution in [-0.2, 0) is 10.5 Å². The Kier molecular flexibility index (Phi) is 3.73. The van der Waals surface area contributed by atoms with Crippen molar-refractivity contribution in [2.24, 2.45) is 7.05 Å². The van der Waals surface area contributed by atoms with Gasteiger partial charge in [0.05, 0.1) is 29.0 Å². The second-order valence-corrected chi connectivity index (χ2v) is 12.4. The van der Waals surface area contributed by atoms with Gasteiger partial charge >= 0.3 is 0 Å². The number of pyridine rings is 1. The van der Waals surface area contributed by atoms with Gasteiger partial charge < -0.3 is 4.40 Å². The number of aryl methyl sites for hydroxylation is 2. The predicted octanol–water partition coefficient (Wildman–Crippen LogP) is 7.34. The lowest BCUT2D eigenvalue weighted by molar-refractivity contribution is -0.646. The first-order valence-electron chi connectivity index (χ1n) is 11.3. The average molecular weight is 540 g/mol. The van der Waals surface area contributed by atoms with Crippen LogP contribution in [-0.4, -0.2) is 9.38 Å². The van der Waals surface area contributed by atoms with Crippen molar-refractivity contribution in [1.82, 2.24) is 9.38 Å². The first-order chi connectivity index (χ1) is 15.9. The summed E-state index contributed by atoms with van der Waals surface area (Å²) in [6, 6.07) is 22.3. The van der Waals surface area contributed by atoms with Crippen molar-refractivity contribution in [1.29, 1.82) is 0 Å². The van der Waals surface area contributed by atoms with E-state index in [1.54, 1.807) is 0 Å². The molecule has 0 saturated carbocycles. The lowest BCUT2D eigenvalue weighted by atomic mass is 9.92. The smallest absolute Gasteiger partial charge is 0.287 e. The Balaban J connectivity index is 1.96. The molecule has 0 N–H and O–H groups in total. The fourth-order valence-corrected chi connectivity index (χ4v) is 6.30. The lowest BCUT2D eigenvalue weighted by Crippen LogP contribution is -2.30. The molecule has 0 fully saturated rings. The van der Waals surface area contributed by atoms with Gasteiger partial charge in [0.15, 0.2) is 5.52 Å². The molecule has 3 aromatic heterocycles. The maximum Gasteiger partial charge on any atom is 0.287 e. The third-order valence-corrected chi connectivity index (χ3v) is 7.87. The summed E-state index contributed by atoms with van der Waals surface area (Å²) in [4.78, 5) is 4.92. The zero-order chi connectivity index (χ0) is 22.6. The number of fused-ring (bicyclic) bond motifs is 7. The maximum absolute atomic E-state index is 4.92. The molecular weight excluding hydrogens is 517 g/mol. The van der Waals surface area contributed by atoms with Crippen LogP contribution < -0.4 is 4.57 Å². The molecule has 0 unspecified atom stereocenters. The van der Waals surface area contributed by atoms with Gasteiger partial charge in [0, 0.05) is 19.6 Å². The Morgan fingerprint density at radius 2 is 1.61 bits per heavy atom. The molecule has 4 aromatic carbocycles. The summed E-state index contributed by atoms with van der Waals surface area (Å²) < 4.78 is 4.68. The highest BCUT2D eigenvalue weighted by atomic mass is 127. The molecule has 33 heavy (non-hydrogen) atoms. The quantitative estimate of drug-likeness (QED) is 0.0702. The van der Waals surface area contributed by atoms with Crippen LogP contribution in [0.3, 0.4) is 0 Å². The Labute approximate surface area is 205 Å². The normalized spacial score (nSPS) is 13.0. The van der Waals surface area contributed by atoms with Crippen LogP contribution in [0.5, 0.6) is 0 Å². The maximum atomic E-state index is 4.92. The van der Waals surface area contributed by atoms with Gasteiger partial charge in [0.2, 0.25) is 0 Å². The van der Waals surface area contributed by atoms with Crippen LogP contribution in [0.4, 0.5) is 0 Å². The molecule has 0 radical (unpaired) electrons. The van der Waals surface area contributed by atoms with E-state index in [-0.39, 0.29) is 3.42 Å². The van der Waals surface area contributed by atoms with Crippen LogP contribution in [0.2, 0.25) is 0 Å². The van der Waals surface area contributed by atoms with E-state index >= 15 is 0 Å². The SMILES string of the molecule is Cc1c2ccccc2cc2c1c1c3c(cc(C(C)(C)I)c4c5ccccc5n2c43)nc[n+]1C. The molecule has 160 valence electrons. The van der Waals surface area contributed by atoms with E-state index in [1.807, 2.05) is 6.33 Å². The van der Waals surface area contributed by atoms with Crippen molar-refractivity contribution in [2.45, 2.75) is 24.2 Å². The largest absolute Gasteiger partial charge is 0.307 e. The van der Waals surface area contributed by atoms with E-state index < -0.39 is 0 Å². The minimum Gasteiger partial charge on any atom is -0.307 e. The molecule has 0 bridgehead atoms. The Morgan fingerprint density at radius 3 is 2.39 bits per heavy atom. The van der Waals surface area contributed by atoms with Crippen molar-refractivity contribution in [2.75, 3.05) is 0 Å². The van der Waals surface area contributed by atoms with E-state index in [9.17, 15) is 0 Å².